The van der Waals surface area contributed by atoms with E-state index in [0.717, 1.165) is 116 Å². The van der Waals surface area contributed by atoms with Crippen molar-refractivity contribution in [1.82, 2.24) is 60.3 Å². The molecule has 9 saturated heterocycles. The zero-order chi connectivity index (χ0) is 66.9. The number of nitrogens with one attached hydrogen (secondary N) is 3. The van der Waals surface area contributed by atoms with Crippen molar-refractivity contribution in [3.05, 3.63) is 176 Å². The number of aromatic nitrogens is 3. The molecule has 0 radical (unpaired) electrons. The first-order chi connectivity index (χ1) is 50.5. The van der Waals surface area contributed by atoms with E-state index < -0.39 is 0 Å². The fraction of sp³-hybridized carbons (Fsp3) is 0.621. The first kappa shape index (κ1) is 64.5. The quantitative estimate of drug-likeness (QED) is 0.115. The zero-order valence-corrected chi connectivity index (χ0v) is 61.0. The minimum absolute atomic E-state index is 0.341. The molecule has 6 aromatic rings. The van der Waals surface area contributed by atoms with Crippen LogP contribution in [0.3, 0.4) is 0 Å². The van der Waals surface area contributed by atoms with Gasteiger partial charge in [0.2, 0.25) is 0 Å². The summed E-state index contributed by atoms with van der Waals surface area (Å²) in [6.45, 7) is 23.9. The van der Waals surface area contributed by atoms with E-state index in [1.165, 1.54) is 211 Å². The summed E-state index contributed by atoms with van der Waals surface area (Å²) in [6.07, 6.45) is 30.3. The number of nitrogens with zero attached hydrogens (tertiary/aromatic N) is 12. The van der Waals surface area contributed by atoms with Gasteiger partial charge in [-0.2, -0.15) is 0 Å². The minimum atomic E-state index is 0.341. The molecule has 102 heavy (non-hydrogen) atoms. The number of benzene rings is 3. The number of fused-ring (bicyclic) bond motifs is 15. The fourth-order valence-electron chi connectivity index (χ4n) is 24.9. The average molecular weight is 1370 g/mol. The molecule has 536 valence electrons. The van der Waals surface area contributed by atoms with Crippen LogP contribution in [-0.2, 0) is 45.3 Å². The maximum Gasteiger partial charge on any atom is 0.0616 e. The molecule has 12 aliphatic heterocycles. The molecule has 15 nitrogen and oxygen atoms in total. The summed E-state index contributed by atoms with van der Waals surface area (Å²) < 4.78 is 0. The van der Waals surface area contributed by atoms with Crippen LogP contribution >= 0.6 is 0 Å². The number of likely N-dealkylation sites (tertiary alicyclic amines) is 3. The number of piperazine rings is 3. The molecule has 3 aliphatic carbocycles. The Balaban J connectivity index is 0.547. The third-order valence-electron chi connectivity index (χ3n) is 29.7. The molecule has 15 heterocycles. The number of rotatable bonds is 11. The lowest BCUT2D eigenvalue weighted by atomic mass is 9.69. The van der Waals surface area contributed by atoms with Crippen LogP contribution in [0.15, 0.2) is 97.5 Å². The molecule has 21 rings (SSSR count). The first-order valence-electron chi connectivity index (χ1n) is 41.6. The second-order valence-electron chi connectivity index (χ2n) is 35.1. The van der Waals surface area contributed by atoms with Crippen LogP contribution in [-0.4, -0.2) is 198 Å². The standard InChI is InChI=1S/C87H113N15/c1-11-61-48-91-66(45-76(61)79(21-1)97-36-33-94-27-8-16-69(94)54-97)52-101-31-6-14-59-41-74(72-19-3-25-89-83(72)86(59)101)63-40-65-50-93-68(47-78(65)81(44-63)99-38-35-96-29-10-18-71(96)56-99)53-102-32-7-15-60-42-75(73-20-4-26-90-84(73)87(60)102)62-39-64-49-92-67(46-77(64)80(43-62)98-37-34-95-28-9-17-70(95)55-98)51-100-30-5-13-58-23-22-57-12-2-24-88-82(57)85(58)100/h1-4,11-12,19-21,24-26,39-40,43-44,58-60,66-71,74-75,85-87,91-93H,5-10,13-18,22-23,27-38,41-42,45-56H2/t58-,59+,60+,66-,67-,68-,69-,70-,71-,74?,75?,85?,86+,87-/m1/s1. The van der Waals surface area contributed by atoms with Crippen molar-refractivity contribution in [3.63, 3.8) is 0 Å². The zero-order valence-electron chi connectivity index (χ0n) is 61.0. The number of anilines is 3. The van der Waals surface area contributed by atoms with Gasteiger partial charge in [0, 0.05) is 182 Å². The van der Waals surface area contributed by atoms with E-state index in [0.29, 0.717) is 72.0 Å². The van der Waals surface area contributed by atoms with Crippen molar-refractivity contribution < 1.29 is 0 Å². The molecular formula is C87H113N15. The predicted molar refractivity (Wildman–Crippen MR) is 408 cm³/mol. The molecule has 3 aromatic heterocycles. The van der Waals surface area contributed by atoms with Crippen LogP contribution in [0.2, 0.25) is 0 Å². The molecule has 3 unspecified atom stereocenters. The lowest BCUT2D eigenvalue weighted by Crippen LogP contribution is -2.52. The van der Waals surface area contributed by atoms with Crippen molar-refractivity contribution in [2.24, 2.45) is 17.8 Å². The number of aryl methyl sites for hydroxylation is 1. The van der Waals surface area contributed by atoms with Gasteiger partial charge in [-0.25, -0.2) is 0 Å². The van der Waals surface area contributed by atoms with Gasteiger partial charge in [0.05, 0.1) is 35.2 Å². The van der Waals surface area contributed by atoms with Gasteiger partial charge < -0.3 is 30.7 Å². The molecule has 15 heteroatoms. The van der Waals surface area contributed by atoms with E-state index in [4.69, 9.17) is 15.0 Å². The molecule has 3 aromatic carbocycles. The molecule has 0 amide bonds. The topological polar surface area (TPSA) is 104 Å². The summed E-state index contributed by atoms with van der Waals surface area (Å²) >= 11 is 0. The van der Waals surface area contributed by atoms with Crippen molar-refractivity contribution in [2.45, 2.75) is 208 Å². The third kappa shape index (κ3) is 11.7. The maximum atomic E-state index is 5.54. The smallest absolute Gasteiger partial charge is 0.0616 e. The van der Waals surface area contributed by atoms with Crippen LogP contribution < -0.4 is 30.7 Å². The lowest BCUT2D eigenvalue weighted by molar-refractivity contribution is 0.0625. The van der Waals surface area contributed by atoms with Gasteiger partial charge in [0.1, 0.15) is 0 Å². The number of hydrogen-bond donors (Lipinski definition) is 3. The van der Waals surface area contributed by atoms with E-state index in [-0.39, 0.29) is 0 Å². The number of pyridine rings is 3. The van der Waals surface area contributed by atoms with Crippen LogP contribution in [0.5, 0.6) is 0 Å². The van der Waals surface area contributed by atoms with Gasteiger partial charge in [0.15, 0.2) is 0 Å². The Morgan fingerprint density at radius 2 is 0.784 bits per heavy atom. The van der Waals surface area contributed by atoms with E-state index in [9.17, 15) is 0 Å². The summed E-state index contributed by atoms with van der Waals surface area (Å²) in [4.78, 5) is 41.7. The van der Waals surface area contributed by atoms with Gasteiger partial charge in [-0.15, -0.1) is 0 Å². The first-order valence-corrected chi connectivity index (χ1v) is 41.6. The summed E-state index contributed by atoms with van der Waals surface area (Å²) in [5.41, 5.74) is 25.8. The second kappa shape index (κ2) is 27.2. The Kier molecular flexibility index (Phi) is 17.2. The summed E-state index contributed by atoms with van der Waals surface area (Å²) in [7, 11) is 0. The lowest BCUT2D eigenvalue weighted by Gasteiger charge is -2.48. The molecule has 3 N–H and O–H groups in total. The summed E-state index contributed by atoms with van der Waals surface area (Å²) in [6, 6.07) is 36.6. The van der Waals surface area contributed by atoms with Gasteiger partial charge >= 0.3 is 0 Å². The Hall–Kier alpha value is -5.85. The van der Waals surface area contributed by atoms with Gasteiger partial charge in [-0.05, 0) is 277 Å². The van der Waals surface area contributed by atoms with Crippen LogP contribution in [0.4, 0.5) is 17.1 Å². The largest absolute Gasteiger partial charge is 0.368 e. The van der Waals surface area contributed by atoms with E-state index in [1.807, 2.05) is 0 Å². The van der Waals surface area contributed by atoms with Gasteiger partial charge in [0.25, 0.3) is 0 Å². The Morgan fingerprint density at radius 1 is 0.363 bits per heavy atom. The second-order valence-corrected chi connectivity index (χ2v) is 35.1. The maximum absolute atomic E-state index is 5.54. The summed E-state index contributed by atoms with van der Waals surface area (Å²) in [5, 5.41) is 12.6. The van der Waals surface area contributed by atoms with Crippen molar-refractivity contribution in [2.75, 3.05) is 133 Å². The fourth-order valence-corrected chi connectivity index (χ4v) is 24.9. The highest BCUT2D eigenvalue weighted by Crippen LogP contribution is 2.54. The van der Waals surface area contributed by atoms with Crippen LogP contribution in [0.1, 0.15) is 205 Å². The van der Waals surface area contributed by atoms with Crippen molar-refractivity contribution in [3.8, 4) is 0 Å². The van der Waals surface area contributed by atoms with Crippen LogP contribution in [0.25, 0.3) is 0 Å². The van der Waals surface area contributed by atoms with Gasteiger partial charge in [-0.3, -0.25) is 44.4 Å². The number of piperidine rings is 3. The van der Waals surface area contributed by atoms with Crippen molar-refractivity contribution in [1.29, 1.82) is 0 Å². The molecular weight excluding hydrogens is 1260 g/mol. The SMILES string of the molecule is c1cnc2c(c1)CC[C@H]1CCCN(C[C@H]3Cc4c(cc(C5C[C@@H]6CCCN(C[C@H]7Cc8c(cc(C9C[C@@H]%10CCCN(C[C@H]%11Cc%12c(cccc%12N%12CCN%13CCC[C@@H]%13C%12)CN%11)[C@@H]%10c%10ncccc%109)cc8N8CCN9CCC[C@@H]9C8)CN7)[C@H]6c6ncccc65)cc4N4CCN5CCC[C@@H]5C4)CN3)C21. The molecule has 15 aliphatic rings. The van der Waals surface area contributed by atoms with Gasteiger partial charge in [-0.1, -0.05) is 42.5 Å². The van der Waals surface area contributed by atoms with E-state index in [1.54, 1.807) is 39.2 Å². The molecule has 0 spiro atoms. The minimum Gasteiger partial charge on any atom is -0.368 e. The Morgan fingerprint density at radius 3 is 1.29 bits per heavy atom. The third-order valence-corrected chi connectivity index (χ3v) is 29.7. The number of hydrogen-bond acceptors (Lipinski definition) is 15. The molecule has 9 fully saturated rings. The Labute approximate surface area is 607 Å². The highest BCUT2D eigenvalue weighted by Gasteiger charge is 2.48. The predicted octanol–water partition coefficient (Wildman–Crippen LogP) is 11.1. The summed E-state index contributed by atoms with van der Waals surface area (Å²) in [5.74, 6) is 2.57. The van der Waals surface area contributed by atoms with E-state index >= 15 is 0 Å². The average Bonchev–Trinajstić information content (AvgIpc) is 0.845. The highest BCUT2D eigenvalue weighted by molar-refractivity contribution is 5.65. The van der Waals surface area contributed by atoms with Crippen molar-refractivity contribution >= 4 is 17.1 Å². The molecule has 0 bridgehead atoms. The van der Waals surface area contributed by atoms with E-state index in [2.05, 4.69) is 158 Å². The molecule has 0 saturated carbocycles. The monoisotopic (exact) mass is 1370 g/mol. The van der Waals surface area contributed by atoms with Crippen LogP contribution in [0, 0.1) is 17.8 Å². The molecule has 14 atom stereocenters. The normalized spacial score (nSPS) is 33.3. The Bertz CT molecular complexity index is 4080. The highest BCUT2D eigenvalue weighted by atomic mass is 15.3.